The fourth-order valence-electron chi connectivity index (χ4n) is 3.82. The van der Waals surface area contributed by atoms with Crippen molar-refractivity contribution < 1.29 is 5.11 Å². The minimum atomic E-state index is 0.196. The summed E-state index contributed by atoms with van der Waals surface area (Å²) in [6.07, 6.45) is 5.15. The van der Waals surface area contributed by atoms with Gasteiger partial charge < -0.3 is 26.0 Å². The molecule has 0 aromatic carbocycles. The Balaban J connectivity index is 1.62. The Morgan fingerprint density at radius 3 is 2.70 bits per heavy atom. The summed E-state index contributed by atoms with van der Waals surface area (Å²) in [6, 6.07) is 0.246. The summed E-state index contributed by atoms with van der Waals surface area (Å²) >= 11 is 0. The van der Waals surface area contributed by atoms with E-state index in [4.69, 9.17) is 5.73 Å². The van der Waals surface area contributed by atoms with Crippen LogP contribution in [0.3, 0.4) is 0 Å². The van der Waals surface area contributed by atoms with Crippen LogP contribution in [0, 0.1) is 11.3 Å². The smallest absolute Gasteiger partial charge is 0.224 e. The fourth-order valence-corrected chi connectivity index (χ4v) is 3.82. The second kappa shape index (κ2) is 4.99. The minimum absolute atomic E-state index is 0.196. The van der Waals surface area contributed by atoms with E-state index in [2.05, 4.69) is 51.1 Å². The molecule has 1 aromatic rings. The van der Waals surface area contributed by atoms with Crippen LogP contribution in [-0.4, -0.2) is 47.5 Å². The van der Waals surface area contributed by atoms with Crippen LogP contribution in [0.4, 0.5) is 23.3 Å². The first-order chi connectivity index (χ1) is 11.0. The van der Waals surface area contributed by atoms with Crippen molar-refractivity contribution in [2.24, 2.45) is 11.3 Å². The Labute approximate surface area is 136 Å². The van der Waals surface area contributed by atoms with Crippen molar-refractivity contribution >= 4 is 23.3 Å². The number of nitrogens with zero attached hydrogens (tertiary/aromatic N) is 4. The van der Waals surface area contributed by atoms with E-state index < -0.39 is 0 Å². The SMILES string of the molecule is CC1(C)CN(c2nc(N)nc3c2NCN3[C@H]2C=C[C@@H](CO)C2)C1. The number of aromatic nitrogens is 2. The van der Waals surface area contributed by atoms with Crippen LogP contribution in [0.2, 0.25) is 0 Å². The highest BCUT2D eigenvalue weighted by Gasteiger charge is 2.39. The van der Waals surface area contributed by atoms with E-state index in [1.165, 1.54) is 0 Å². The molecule has 23 heavy (non-hydrogen) atoms. The second-order valence-corrected chi connectivity index (χ2v) is 7.56. The first kappa shape index (κ1) is 14.6. The van der Waals surface area contributed by atoms with Crippen molar-refractivity contribution in [3.8, 4) is 0 Å². The van der Waals surface area contributed by atoms with Gasteiger partial charge in [-0.05, 0) is 11.8 Å². The number of hydrogen-bond donors (Lipinski definition) is 3. The maximum atomic E-state index is 9.33. The molecule has 7 heteroatoms. The molecule has 0 saturated carbocycles. The minimum Gasteiger partial charge on any atom is -0.396 e. The van der Waals surface area contributed by atoms with Gasteiger partial charge in [0.15, 0.2) is 11.6 Å². The zero-order chi connectivity index (χ0) is 16.2. The predicted molar refractivity (Wildman–Crippen MR) is 91.5 cm³/mol. The van der Waals surface area contributed by atoms with E-state index in [9.17, 15) is 5.11 Å². The Kier molecular flexibility index (Phi) is 3.16. The molecule has 1 fully saturated rings. The second-order valence-electron chi connectivity index (χ2n) is 7.56. The van der Waals surface area contributed by atoms with Gasteiger partial charge in [0, 0.05) is 25.6 Å². The molecule has 0 radical (unpaired) electrons. The highest BCUT2D eigenvalue weighted by Crippen LogP contribution is 2.43. The predicted octanol–water partition coefficient (Wildman–Crippen LogP) is 1.03. The third-order valence-corrected chi connectivity index (χ3v) is 4.91. The van der Waals surface area contributed by atoms with Gasteiger partial charge in [-0.25, -0.2) is 0 Å². The Bertz CT molecular complexity index is 650. The fraction of sp³-hybridized carbons (Fsp3) is 0.625. The molecule has 1 aliphatic carbocycles. The molecule has 1 aromatic heterocycles. The summed E-state index contributed by atoms with van der Waals surface area (Å²) in [4.78, 5) is 13.4. The number of nitrogen functional groups attached to an aromatic ring is 1. The van der Waals surface area contributed by atoms with Crippen molar-refractivity contribution in [3.05, 3.63) is 12.2 Å². The van der Waals surface area contributed by atoms with Gasteiger partial charge in [0.25, 0.3) is 0 Å². The summed E-state index contributed by atoms with van der Waals surface area (Å²) in [5.74, 6) is 2.34. The number of rotatable bonds is 3. The molecule has 4 rings (SSSR count). The van der Waals surface area contributed by atoms with Crippen molar-refractivity contribution in [2.45, 2.75) is 26.3 Å². The van der Waals surface area contributed by atoms with Crippen LogP contribution in [-0.2, 0) is 0 Å². The van der Waals surface area contributed by atoms with Gasteiger partial charge in [-0.2, -0.15) is 9.97 Å². The first-order valence-corrected chi connectivity index (χ1v) is 8.19. The Morgan fingerprint density at radius 2 is 2.04 bits per heavy atom. The summed E-state index contributed by atoms with van der Waals surface area (Å²) in [5.41, 5.74) is 7.28. The number of aliphatic hydroxyl groups is 1. The maximum absolute atomic E-state index is 9.33. The van der Waals surface area contributed by atoms with Gasteiger partial charge in [-0.1, -0.05) is 26.0 Å². The van der Waals surface area contributed by atoms with Crippen LogP contribution < -0.4 is 20.9 Å². The van der Waals surface area contributed by atoms with Gasteiger partial charge in [0.2, 0.25) is 5.95 Å². The number of nitrogens with one attached hydrogen (secondary N) is 1. The topological polar surface area (TPSA) is 90.5 Å². The van der Waals surface area contributed by atoms with Crippen molar-refractivity contribution in [2.75, 3.05) is 47.2 Å². The quantitative estimate of drug-likeness (QED) is 0.718. The van der Waals surface area contributed by atoms with Gasteiger partial charge in [0.05, 0.1) is 12.7 Å². The monoisotopic (exact) mass is 316 g/mol. The molecular formula is C16H24N6O. The van der Waals surface area contributed by atoms with E-state index in [1.54, 1.807) is 0 Å². The van der Waals surface area contributed by atoms with Crippen LogP contribution >= 0.6 is 0 Å². The average molecular weight is 316 g/mol. The number of aliphatic hydroxyl groups excluding tert-OH is 1. The lowest BCUT2D eigenvalue weighted by Crippen LogP contribution is -2.53. The lowest BCUT2D eigenvalue weighted by molar-refractivity contribution is 0.248. The highest BCUT2D eigenvalue weighted by molar-refractivity contribution is 5.84. The van der Waals surface area contributed by atoms with E-state index in [0.29, 0.717) is 18.0 Å². The number of anilines is 4. The Morgan fingerprint density at radius 1 is 1.30 bits per heavy atom. The Hall–Kier alpha value is -2.02. The zero-order valence-electron chi connectivity index (χ0n) is 13.7. The third kappa shape index (κ3) is 2.39. The molecule has 1 saturated heterocycles. The molecule has 2 atom stereocenters. The van der Waals surface area contributed by atoms with Crippen molar-refractivity contribution in [3.63, 3.8) is 0 Å². The lowest BCUT2D eigenvalue weighted by atomic mass is 9.84. The molecule has 0 unspecified atom stereocenters. The molecule has 0 amide bonds. The summed E-state index contributed by atoms with van der Waals surface area (Å²) < 4.78 is 0. The number of hydrogen-bond acceptors (Lipinski definition) is 7. The van der Waals surface area contributed by atoms with E-state index in [1.807, 2.05) is 0 Å². The van der Waals surface area contributed by atoms with Crippen LogP contribution in [0.5, 0.6) is 0 Å². The molecule has 124 valence electrons. The molecular weight excluding hydrogens is 292 g/mol. The average Bonchev–Trinajstić information content (AvgIpc) is 3.09. The highest BCUT2D eigenvalue weighted by atomic mass is 16.3. The van der Waals surface area contributed by atoms with Gasteiger partial charge >= 0.3 is 0 Å². The third-order valence-electron chi connectivity index (χ3n) is 4.91. The molecule has 2 aliphatic heterocycles. The lowest BCUT2D eigenvalue weighted by Gasteiger charge is -2.46. The normalized spacial score (nSPS) is 27.8. The summed E-state index contributed by atoms with van der Waals surface area (Å²) in [5, 5.41) is 12.8. The van der Waals surface area contributed by atoms with Crippen molar-refractivity contribution in [1.29, 1.82) is 0 Å². The van der Waals surface area contributed by atoms with Crippen LogP contribution in [0.25, 0.3) is 0 Å². The van der Waals surface area contributed by atoms with Crippen molar-refractivity contribution in [1.82, 2.24) is 9.97 Å². The first-order valence-electron chi connectivity index (χ1n) is 8.19. The molecule has 7 nitrogen and oxygen atoms in total. The standard InChI is InChI=1S/C16H24N6O/c1-16(2)7-21(8-16)13-12-14(20-15(17)19-13)22(9-18-12)11-4-3-10(5-11)6-23/h3-4,10-11,18,23H,5-9H2,1-2H3,(H2,17,19,20)/t10-,11+/m1/s1. The van der Waals surface area contributed by atoms with Crippen LogP contribution in [0.15, 0.2) is 12.2 Å². The maximum Gasteiger partial charge on any atom is 0.224 e. The van der Waals surface area contributed by atoms with Crippen LogP contribution in [0.1, 0.15) is 20.3 Å². The molecule has 0 spiro atoms. The molecule has 3 aliphatic rings. The van der Waals surface area contributed by atoms with Gasteiger partial charge in [-0.3, -0.25) is 0 Å². The largest absolute Gasteiger partial charge is 0.396 e. The summed E-state index contributed by atoms with van der Waals surface area (Å²) in [6.45, 7) is 7.37. The van der Waals surface area contributed by atoms with Gasteiger partial charge in [0.1, 0.15) is 5.69 Å². The molecule has 3 heterocycles. The molecule has 0 bridgehead atoms. The summed E-state index contributed by atoms with van der Waals surface area (Å²) in [7, 11) is 0. The number of nitrogens with two attached hydrogens (primary N) is 1. The van der Waals surface area contributed by atoms with E-state index >= 15 is 0 Å². The van der Waals surface area contributed by atoms with E-state index in [-0.39, 0.29) is 18.6 Å². The molecule has 4 N–H and O–H groups in total. The van der Waals surface area contributed by atoms with Gasteiger partial charge in [-0.15, -0.1) is 0 Å². The number of fused-ring (bicyclic) bond motifs is 1. The zero-order valence-corrected chi connectivity index (χ0v) is 13.7. The van der Waals surface area contributed by atoms with E-state index in [0.717, 1.165) is 36.8 Å².